The van der Waals surface area contributed by atoms with E-state index in [4.69, 9.17) is 9.47 Å². The molecule has 5 atom stereocenters. The Kier molecular flexibility index (Phi) is 7.12. The molecule has 0 saturated carbocycles. The molecule has 1 aromatic carbocycles. The standard InChI is InChI=1S/C25H27FN8O6/c26-14-3-1-13(2-4-14)8-33(12-36)16-7-28-32-18(16)22-30-23(29-15-5-6-39-10-15)19-24(31-22)34(11-27-19)25-21(38)20(37)17(9-35)40-25/h1-4,7,11-12,15,17,20-21,25,35,37-38H,5-6,8-10H2,(H,28,32)(H,29,30,31)/t15-,17-,20-,21-,25-/m1/s1. The number of carbonyl (C=O) groups is 1. The number of aromatic nitrogens is 6. The van der Waals surface area contributed by atoms with Crippen molar-refractivity contribution in [3.8, 4) is 11.5 Å². The third-order valence-corrected chi connectivity index (χ3v) is 7.02. The quantitative estimate of drug-likeness (QED) is 0.180. The van der Waals surface area contributed by atoms with Crippen molar-refractivity contribution in [2.45, 2.75) is 43.5 Å². The number of aliphatic hydroxyl groups excluding tert-OH is 3. The summed E-state index contributed by atoms with van der Waals surface area (Å²) < 4.78 is 26.1. The van der Waals surface area contributed by atoms with Crippen molar-refractivity contribution in [2.24, 2.45) is 0 Å². The van der Waals surface area contributed by atoms with Crippen molar-refractivity contribution >= 4 is 29.1 Å². The number of rotatable bonds is 9. The number of halogens is 1. The van der Waals surface area contributed by atoms with Gasteiger partial charge in [0.05, 0.1) is 37.8 Å². The van der Waals surface area contributed by atoms with Crippen molar-refractivity contribution in [1.29, 1.82) is 0 Å². The molecule has 3 aromatic heterocycles. The fraction of sp³-hybridized carbons (Fsp3) is 0.400. The zero-order valence-electron chi connectivity index (χ0n) is 21.1. The van der Waals surface area contributed by atoms with Crippen LogP contribution in [0.3, 0.4) is 0 Å². The Morgan fingerprint density at radius 1 is 1.23 bits per heavy atom. The largest absolute Gasteiger partial charge is 0.394 e. The van der Waals surface area contributed by atoms with Crippen LogP contribution in [0.25, 0.3) is 22.7 Å². The molecule has 1 amide bonds. The molecule has 14 nitrogen and oxygen atoms in total. The maximum Gasteiger partial charge on any atom is 0.214 e. The molecule has 0 unspecified atom stereocenters. The molecule has 6 rings (SSSR count). The first kappa shape index (κ1) is 26.2. The van der Waals surface area contributed by atoms with E-state index in [0.29, 0.717) is 42.2 Å². The Bertz CT molecular complexity index is 1490. The number of anilines is 2. The molecule has 4 aromatic rings. The summed E-state index contributed by atoms with van der Waals surface area (Å²) in [7, 11) is 0. The van der Waals surface area contributed by atoms with Crippen LogP contribution in [-0.4, -0.2) is 95.6 Å². The number of ether oxygens (including phenoxy) is 2. The first-order valence-corrected chi connectivity index (χ1v) is 12.7. The second-order valence-electron chi connectivity index (χ2n) is 9.63. The number of H-pyrrole nitrogens is 1. The average molecular weight is 555 g/mol. The van der Waals surface area contributed by atoms with Gasteiger partial charge in [0.1, 0.15) is 24.1 Å². The lowest BCUT2D eigenvalue weighted by atomic mass is 10.1. The molecule has 0 aliphatic carbocycles. The number of fused-ring (bicyclic) bond motifs is 1. The lowest BCUT2D eigenvalue weighted by Gasteiger charge is -2.19. The molecule has 2 fully saturated rings. The van der Waals surface area contributed by atoms with Gasteiger partial charge in [-0.25, -0.2) is 19.3 Å². The van der Waals surface area contributed by atoms with E-state index in [-0.39, 0.29) is 35.6 Å². The van der Waals surface area contributed by atoms with E-state index in [2.05, 4.69) is 30.5 Å². The number of carbonyl (C=O) groups excluding carboxylic acids is 1. The first-order chi connectivity index (χ1) is 19.5. The van der Waals surface area contributed by atoms with Gasteiger partial charge in [-0.2, -0.15) is 5.10 Å². The van der Waals surface area contributed by atoms with Gasteiger partial charge in [0, 0.05) is 12.8 Å². The van der Waals surface area contributed by atoms with Crippen molar-refractivity contribution in [3.05, 3.63) is 48.2 Å². The van der Waals surface area contributed by atoms with Gasteiger partial charge in [-0.3, -0.25) is 14.5 Å². The Hall–Kier alpha value is -4.02. The maximum absolute atomic E-state index is 13.4. The predicted octanol–water partition coefficient (Wildman–Crippen LogP) is 0.331. The molecule has 0 spiro atoms. The molecule has 40 heavy (non-hydrogen) atoms. The highest BCUT2D eigenvalue weighted by atomic mass is 19.1. The number of aromatic amines is 1. The van der Waals surface area contributed by atoms with Crippen LogP contribution >= 0.6 is 0 Å². The first-order valence-electron chi connectivity index (χ1n) is 12.7. The minimum Gasteiger partial charge on any atom is -0.394 e. The molecule has 0 bridgehead atoms. The normalized spacial score (nSPS) is 24.6. The Balaban J connectivity index is 1.42. The zero-order valence-corrected chi connectivity index (χ0v) is 21.1. The summed E-state index contributed by atoms with van der Waals surface area (Å²) in [5.41, 5.74) is 1.99. The van der Waals surface area contributed by atoms with Gasteiger partial charge in [-0.05, 0) is 24.1 Å². The molecule has 0 radical (unpaired) electrons. The maximum atomic E-state index is 13.4. The van der Waals surface area contributed by atoms with E-state index in [1.807, 2.05) is 0 Å². The summed E-state index contributed by atoms with van der Waals surface area (Å²) in [5, 5.41) is 40.9. The fourth-order valence-corrected chi connectivity index (χ4v) is 4.89. The highest BCUT2D eigenvalue weighted by Crippen LogP contribution is 2.35. The number of nitrogens with one attached hydrogen (secondary N) is 2. The molecular weight excluding hydrogens is 527 g/mol. The van der Waals surface area contributed by atoms with Crippen LogP contribution in [0.1, 0.15) is 18.2 Å². The monoisotopic (exact) mass is 554 g/mol. The highest BCUT2D eigenvalue weighted by Gasteiger charge is 2.44. The van der Waals surface area contributed by atoms with Gasteiger partial charge in [-0.1, -0.05) is 12.1 Å². The SMILES string of the molecule is O=CN(Cc1ccc(F)cc1)c1c[nH]nc1-c1nc(N[C@@H]2CCOC2)c2ncn([C@@H]3O[C@H](CO)[C@@H](O)[C@H]3O)c2n1. The summed E-state index contributed by atoms with van der Waals surface area (Å²) >= 11 is 0. The van der Waals surface area contributed by atoms with E-state index >= 15 is 0 Å². The van der Waals surface area contributed by atoms with Crippen LogP contribution in [-0.2, 0) is 20.8 Å². The van der Waals surface area contributed by atoms with Crippen LogP contribution in [0.15, 0.2) is 36.8 Å². The van der Waals surface area contributed by atoms with Crippen LogP contribution in [0.4, 0.5) is 15.9 Å². The topological polar surface area (TPSA) is 184 Å². The number of hydrogen-bond donors (Lipinski definition) is 5. The van der Waals surface area contributed by atoms with Crippen LogP contribution in [0.2, 0.25) is 0 Å². The molecule has 5 heterocycles. The minimum atomic E-state index is -1.35. The van der Waals surface area contributed by atoms with E-state index in [0.717, 1.165) is 6.42 Å². The smallest absolute Gasteiger partial charge is 0.214 e. The number of aliphatic hydroxyl groups is 3. The van der Waals surface area contributed by atoms with Crippen LogP contribution in [0, 0.1) is 5.82 Å². The van der Waals surface area contributed by atoms with Crippen molar-refractivity contribution in [1.82, 2.24) is 29.7 Å². The van der Waals surface area contributed by atoms with Gasteiger partial charge in [0.25, 0.3) is 0 Å². The zero-order chi connectivity index (χ0) is 27.8. The molecule has 15 heteroatoms. The predicted molar refractivity (Wildman–Crippen MR) is 137 cm³/mol. The lowest BCUT2D eigenvalue weighted by molar-refractivity contribution is -0.107. The summed E-state index contributed by atoms with van der Waals surface area (Å²) in [6.07, 6.45) is -0.402. The highest BCUT2D eigenvalue weighted by molar-refractivity contribution is 5.88. The lowest BCUT2D eigenvalue weighted by Crippen LogP contribution is -2.33. The van der Waals surface area contributed by atoms with Gasteiger partial charge in [0.15, 0.2) is 34.7 Å². The number of imidazole rings is 1. The van der Waals surface area contributed by atoms with E-state index in [9.17, 15) is 24.5 Å². The van der Waals surface area contributed by atoms with E-state index in [1.165, 1.54) is 34.1 Å². The van der Waals surface area contributed by atoms with Gasteiger partial charge >= 0.3 is 0 Å². The number of hydrogen-bond acceptors (Lipinski definition) is 11. The summed E-state index contributed by atoms with van der Waals surface area (Å²) in [5.74, 6) is 0.140. The second kappa shape index (κ2) is 10.9. The van der Waals surface area contributed by atoms with Gasteiger partial charge in [0.2, 0.25) is 6.41 Å². The van der Waals surface area contributed by atoms with E-state index < -0.39 is 31.1 Å². The number of amides is 1. The Morgan fingerprint density at radius 2 is 2.05 bits per heavy atom. The number of benzene rings is 1. The molecule has 2 aliphatic heterocycles. The Labute approximate surface area is 226 Å². The second-order valence-corrected chi connectivity index (χ2v) is 9.63. The summed E-state index contributed by atoms with van der Waals surface area (Å²) in [6, 6.07) is 5.76. The molecule has 5 N–H and O–H groups in total. The summed E-state index contributed by atoms with van der Waals surface area (Å²) in [6.45, 7) is 0.726. The molecule has 2 saturated heterocycles. The number of nitrogens with zero attached hydrogens (tertiary/aromatic N) is 6. The molecule has 210 valence electrons. The van der Waals surface area contributed by atoms with Crippen molar-refractivity contribution < 1.29 is 34.0 Å². The van der Waals surface area contributed by atoms with Gasteiger partial charge in [-0.15, -0.1) is 0 Å². The van der Waals surface area contributed by atoms with Crippen LogP contribution in [0.5, 0.6) is 0 Å². The van der Waals surface area contributed by atoms with Crippen molar-refractivity contribution in [3.63, 3.8) is 0 Å². The minimum absolute atomic E-state index is 0.0337. The van der Waals surface area contributed by atoms with Crippen LogP contribution < -0.4 is 10.2 Å². The summed E-state index contributed by atoms with van der Waals surface area (Å²) in [4.78, 5) is 27.3. The third kappa shape index (κ3) is 4.77. The fourth-order valence-electron chi connectivity index (χ4n) is 4.89. The van der Waals surface area contributed by atoms with Gasteiger partial charge < -0.3 is 35.0 Å². The third-order valence-electron chi connectivity index (χ3n) is 7.02. The molecule has 2 aliphatic rings. The average Bonchev–Trinajstić information content (AvgIpc) is 3.77. The molecular formula is C25H27FN8O6. The Morgan fingerprint density at radius 3 is 2.75 bits per heavy atom. The van der Waals surface area contributed by atoms with Crippen molar-refractivity contribution in [2.75, 3.05) is 30.0 Å². The van der Waals surface area contributed by atoms with E-state index in [1.54, 1.807) is 12.1 Å².